The van der Waals surface area contributed by atoms with Crippen LogP contribution in [0.4, 0.5) is 4.39 Å². The topological polar surface area (TPSA) is 32.3 Å². The first-order chi connectivity index (χ1) is 8.15. The van der Waals surface area contributed by atoms with E-state index in [2.05, 4.69) is 12.2 Å². The molecule has 1 fully saturated rings. The van der Waals surface area contributed by atoms with Gasteiger partial charge in [0, 0.05) is 13.1 Å². The largest absolute Gasteiger partial charge is 0.505 e. The van der Waals surface area contributed by atoms with Crippen LogP contribution in [0.3, 0.4) is 0 Å². The highest BCUT2D eigenvalue weighted by molar-refractivity contribution is 5.27. The van der Waals surface area contributed by atoms with Crippen molar-refractivity contribution in [2.75, 3.05) is 6.54 Å². The molecule has 0 amide bonds. The van der Waals surface area contributed by atoms with Crippen LogP contribution >= 0.6 is 0 Å². The zero-order valence-electron chi connectivity index (χ0n) is 10.3. The molecule has 0 radical (unpaired) electrons. The van der Waals surface area contributed by atoms with Gasteiger partial charge in [0.1, 0.15) is 0 Å². The van der Waals surface area contributed by atoms with Crippen LogP contribution in [0.25, 0.3) is 0 Å². The lowest BCUT2D eigenvalue weighted by Gasteiger charge is -2.41. The van der Waals surface area contributed by atoms with Crippen LogP contribution in [-0.4, -0.2) is 11.7 Å². The number of aromatic hydroxyl groups is 1. The van der Waals surface area contributed by atoms with Gasteiger partial charge in [-0.1, -0.05) is 19.4 Å². The van der Waals surface area contributed by atoms with Crippen LogP contribution in [0, 0.1) is 11.2 Å². The summed E-state index contributed by atoms with van der Waals surface area (Å²) in [5.41, 5.74) is 1.36. The minimum atomic E-state index is -0.543. The highest BCUT2D eigenvalue weighted by Gasteiger charge is 2.34. The fraction of sp³-hybridized carbons (Fsp3) is 0.571. The minimum absolute atomic E-state index is 0.280. The first-order valence-electron chi connectivity index (χ1n) is 6.33. The Hall–Kier alpha value is -1.09. The van der Waals surface area contributed by atoms with Gasteiger partial charge in [0.25, 0.3) is 0 Å². The van der Waals surface area contributed by atoms with E-state index in [1.807, 2.05) is 0 Å². The maximum atomic E-state index is 13.1. The molecule has 0 aliphatic heterocycles. The lowest BCUT2D eigenvalue weighted by atomic mass is 9.67. The smallest absolute Gasteiger partial charge is 0.165 e. The van der Waals surface area contributed by atoms with Gasteiger partial charge in [0.2, 0.25) is 0 Å². The fourth-order valence-electron chi connectivity index (χ4n) is 2.46. The Balaban J connectivity index is 1.83. The molecule has 2 rings (SSSR count). The van der Waals surface area contributed by atoms with Crippen molar-refractivity contribution < 1.29 is 9.50 Å². The van der Waals surface area contributed by atoms with Gasteiger partial charge in [-0.05, 0) is 42.4 Å². The highest BCUT2D eigenvalue weighted by Crippen LogP contribution is 2.43. The Morgan fingerprint density at radius 1 is 1.41 bits per heavy atom. The van der Waals surface area contributed by atoms with Gasteiger partial charge in [0.05, 0.1) is 0 Å². The summed E-state index contributed by atoms with van der Waals surface area (Å²) in [7, 11) is 0. The molecule has 3 heteroatoms. The molecule has 0 bridgehead atoms. The maximum Gasteiger partial charge on any atom is 0.165 e. The van der Waals surface area contributed by atoms with Gasteiger partial charge in [-0.15, -0.1) is 0 Å². The van der Waals surface area contributed by atoms with Crippen molar-refractivity contribution in [2.45, 2.75) is 39.2 Å². The van der Waals surface area contributed by atoms with Crippen molar-refractivity contribution in [3.8, 4) is 5.75 Å². The van der Waals surface area contributed by atoms with E-state index in [1.165, 1.54) is 37.8 Å². The standard InChI is InChI=1S/C14H20FNO/c1-2-14(6-3-7-14)10-16-9-11-4-5-13(17)12(15)8-11/h4-5,8,16-17H,2-3,6-7,9-10H2,1H3. The van der Waals surface area contributed by atoms with Gasteiger partial charge >= 0.3 is 0 Å². The van der Waals surface area contributed by atoms with Crippen molar-refractivity contribution in [1.29, 1.82) is 0 Å². The fourth-order valence-corrected chi connectivity index (χ4v) is 2.46. The monoisotopic (exact) mass is 237 g/mol. The summed E-state index contributed by atoms with van der Waals surface area (Å²) in [6.45, 7) is 3.91. The highest BCUT2D eigenvalue weighted by atomic mass is 19.1. The molecular weight excluding hydrogens is 217 g/mol. The van der Waals surface area contributed by atoms with E-state index >= 15 is 0 Å². The van der Waals surface area contributed by atoms with Crippen LogP contribution in [-0.2, 0) is 6.54 Å². The van der Waals surface area contributed by atoms with E-state index in [9.17, 15) is 4.39 Å². The molecule has 1 aliphatic carbocycles. The molecule has 94 valence electrons. The summed E-state index contributed by atoms with van der Waals surface area (Å²) < 4.78 is 13.1. The van der Waals surface area contributed by atoms with Gasteiger partial charge in [0.15, 0.2) is 11.6 Å². The summed E-state index contributed by atoms with van der Waals surface area (Å²) in [5.74, 6) is -0.823. The lowest BCUT2D eigenvalue weighted by Crippen LogP contribution is -2.39. The van der Waals surface area contributed by atoms with E-state index in [4.69, 9.17) is 5.11 Å². The Kier molecular flexibility index (Phi) is 3.67. The molecule has 1 aromatic rings. The summed E-state index contributed by atoms with van der Waals surface area (Å²) in [4.78, 5) is 0. The van der Waals surface area contributed by atoms with Gasteiger partial charge in [-0.25, -0.2) is 4.39 Å². The number of hydrogen-bond donors (Lipinski definition) is 2. The molecular formula is C14H20FNO. The van der Waals surface area contributed by atoms with Crippen molar-refractivity contribution >= 4 is 0 Å². The number of phenols is 1. The van der Waals surface area contributed by atoms with Crippen LogP contribution < -0.4 is 5.32 Å². The van der Waals surface area contributed by atoms with E-state index in [-0.39, 0.29) is 5.75 Å². The second-order valence-corrected chi connectivity index (χ2v) is 5.10. The lowest BCUT2D eigenvalue weighted by molar-refractivity contribution is 0.124. The molecule has 0 spiro atoms. The molecule has 1 aromatic carbocycles. The number of nitrogens with one attached hydrogen (secondary N) is 1. The van der Waals surface area contributed by atoms with E-state index in [0.717, 1.165) is 12.1 Å². The number of phenolic OH excluding ortho intramolecular Hbond substituents is 1. The molecule has 2 N–H and O–H groups in total. The molecule has 0 saturated heterocycles. The quantitative estimate of drug-likeness (QED) is 0.824. The second kappa shape index (κ2) is 5.05. The van der Waals surface area contributed by atoms with Gasteiger partial charge < -0.3 is 10.4 Å². The van der Waals surface area contributed by atoms with Crippen molar-refractivity contribution in [1.82, 2.24) is 5.32 Å². The molecule has 0 heterocycles. The maximum absolute atomic E-state index is 13.1. The predicted octanol–water partition coefficient (Wildman–Crippen LogP) is 3.20. The summed E-state index contributed by atoms with van der Waals surface area (Å²) in [6, 6.07) is 4.55. The van der Waals surface area contributed by atoms with Crippen molar-refractivity contribution in [3.63, 3.8) is 0 Å². The number of hydrogen-bond acceptors (Lipinski definition) is 2. The number of halogens is 1. The van der Waals surface area contributed by atoms with Gasteiger partial charge in [-0.3, -0.25) is 0 Å². The van der Waals surface area contributed by atoms with Crippen LogP contribution in [0.1, 0.15) is 38.2 Å². The number of benzene rings is 1. The Labute approximate surface area is 102 Å². The summed E-state index contributed by atoms with van der Waals surface area (Å²) in [6.07, 6.45) is 5.16. The molecule has 1 aliphatic rings. The summed E-state index contributed by atoms with van der Waals surface area (Å²) in [5, 5.41) is 12.5. The second-order valence-electron chi connectivity index (χ2n) is 5.10. The van der Waals surface area contributed by atoms with E-state index in [0.29, 0.717) is 12.0 Å². The molecule has 0 aromatic heterocycles. The molecule has 0 unspecified atom stereocenters. The Morgan fingerprint density at radius 2 is 2.18 bits per heavy atom. The SMILES string of the molecule is CCC1(CNCc2ccc(O)c(F)c2)CCC1. The summed E-state index contributed by atoms with van der Waals surface area (Å²) >= 11 is 0. The minimum Gasteiger partial charge on any atom is -0.505 e. The Morgan fingerprint density at radius 3 is 2.71 bits per heavy atom. The normalized spacial score (nSPS) is 17.8. The molecule has 1 saturated carbocycles. The first kappa shape index (κ1) is 12.4. The van der Waals surface area contributed by atoms with E-state index in [1.54, 1.807) is 6.07 Å². The third-order valence-corrected chi connectivity index (χ3v) is 4.01. The van der Waals surface area contributed by atoms with Crippen LogP contribution in [0.5, 0.6) is 5.75 Å². The van der Waals surface area contributed by atoms with E-state index < -0.39 is 5.82 Å². The van der Waals surface area contributed by atoms with Crippen molar-refractivity contribution in [2.24, 2.45) is 5.41 Å². The third-order valence-electron chi connectivity index (χ3n) is 4.01. The molecule has 0 atom stereocenters. The van der Waals surface area contributed by atoms with Crippen molar-refractivity contribution in [3.05, 3.63) is 29.6 Å². The zero-order chi connectivity index (χ0) is 12.3. The molecule has 17 heavy (non-hydrogen) atoms. The average Bonchev–Trinajstić information content (AvgIpc) is 2.27. The molecule has 2 nitrogen and oxygen atoms in total. The van der Waals surface area contributed by atoms with Crippen LogP contribution in [0.2, 0.25) is 0 Å². The van der Waals surface area contributed by atoms with Crippen LogP contribution in [0.15, 0.2) is 18.2 Å². The average molecular weight is 237 g/mol. The third kappa shape index (κ3) is 2.78. The first-order valence-corrected chi connectivity index (χ1v) is 6.33. The zero-order valence-corrected chi connectivity index (χ0v) is 10.3. The Bertz CT molecular complexity index is 382. The predicted molar refractivity (Wildman–Crippen MR) is 66.3 cm³/mol. The van der Waals surface area contributed by atoms with Gasteiger partial charge in [-0.2, -0.15) is 0 Å². The number of rotatable bonds is 5.